The average molecular weight is 288 g/mol. The maximum Gasteiger partial charge on any atom is 0.229 e. The number of fused-ring (bicyclic) bond motifs is 1. The van der Waals surface area contributed by atoms with Crippen molar-refractivity contribution in [1.82, 2.24) is 19.7 Å². The Morgan fingerprint density at radius 3 is 2.80 bits per heavy atom. The van der Waals surface area contributed by atoms with Gasteiger partial charge in [0.2, 0.25) is 5.95 Å². The smallest absolute Gasteiger partial charge is 0.229 e. The molecule has 0 amide bonds. The zero-order valence-electron chi connectivity index (χ0n) is 10.9. The summed E-state index contributed by atoms with van der Waals surface area (Å²) in [6.45, 7) is 2.14. The van der Waals surface area contributed by atoms with Crippen molar-refractivity contribution in [1.29, 1.82) is 0 Å². The Morgan fingerprint density at radius 2 is 2.05 bits per heavy atom. The van der Waals surface area contributed by atoms with Gasteiger partial charge in [0.25, 0.3) is 0 Å². The number of aromatic nitrogens is 4. The molecular weight excluding hydrogens is 274 g/mol. The van der Waals surface area contributed by atoms with Crippen molar-refractivity contribution in [3.8, 4) is 5.95 Å². The Bertz CT molecular complexity index is 740. The van der Waals surface area contributed by atoms with Gasteiger partial charge in [0.1, 0.15) is 0 Å². The van der Waals surface area contributed by atoms with E-state index in [1.807, 2.05) is 18.3 Å². The molecule has 1 fully saturated rings. The Hall–Kier alpha value is -2.01. The van der Waals surface area contributed by atoms with Crippen LogP contribution >= 0.6 is 11.6 Å². The van der Waals surface area contributed by atoms with Gasteiger partial charge in [-0.25, -0.2) is 9.67 Å². The van der Waals surface area contributed by atoms with Crippen molar-refractivity contribution < 1.29 is 0 Å². The quantitative estimate of drug-likeness (QED) is 0.788. The summed E-state index contributed by atoms with van der Waals surface area (Å²) in [6, 6.07) is 5.88. The molecule has 6 heteroatoms. The van der Waals surface area contributed by atoms with E-state index in [0.29, 0.717) is 5.95 Å². The van der Waals surface area contributed by atoms with Crippen LogP contribution in [0, 0.1) is 0 Å². The summed E-state index contributed by atoms with van der Waals surface area (Å²) >= 11 is 6.41. The minimum Gasteiger partial charge on any atom is -0.370 e. The number of H-pyrrole nitrogens is 1. The summed E-state index contributed by atoms with van der Waals surface area (Å²) in [5.41, 5.74) is 2.93. The molecular formula is C14H14ClN5. The molecule has 1 aromatic carbocycles. The summed E-state index contributed by atoms with van der Waals surface area (Å²) in [6.07, 6.45) is 6.05. The lowest BCUT2D eigenvalue weighted by atomic mass is 10.2. The number of hydrogen-bond donors (Lipinski definition) is 1. The molecule has 1 N–H and O–H groups in total. The lowest BCUT2D eigenvalue weighted by molar-refractivity contribution is 0.829. The average Bonchev–Trinajstić information content (AvgIpc) is 3.18. The van der Waals surface area contributed by atoms with Crippen LogP contribution in [0.1, 0.15) is 12.8 Å². The number of imidazole rings is 1. The van der Waals surface area contributed by atoms with Crippen LogP contribution in [-0.4, -0.2) is 32.8 Å². The topological polar surface area (TPSA) is 49.7 Å². The first kappa shape index (κ1) is 11.8. The van der Waals surface area contributed by atoms with E-state index in [-0.39, 0.29) is 0 Å². The van der Waals surface area contributed by atoms with Gasteiger partial charge in [0, 0.05) is 25.5 Å². The van der Waals surface area contributed by atoms with Crippen molar-refractivity contribution in [3.05, 3.63) is 35.6 Å². The van der Waals surface area contributed by atoms with Crippen LogP contribution in [0.4, 0.5) is 5.69 Å². The number of benzene rings is 1. The van der Waals surface area contributed by atoms with Crippen LogP contribution < -0.4 is 4.90 Å². The molecule has 5 nitrogen and oxygen atoms in total. The molecule has 20 heavy (non-hydrogen) atoms. The third-order valence-electron chi connectivity index (χ3n) is 3.71. The van der Waals surface area contributed by atoms with E-state index in [0.717, 1.165) is 34.8 Å². The Morgan fingerprint density at radius 1 is 1.20 bits per heavy atom. The second-order valence-electron chi connectivity index (χ2n) is 5.03. The molecule has 2 aromatic heterocycles. The van der Waals surface area contributed by atoms with Crippen LogP contribution in [0.5, 0.6) is 0 Å². The maximum absolute atomic E-state index is 6.41. The van der Waals surface area contributed by atoms with E-state index in [1.165, 1.54) is 12.8 Å². The number of anilines is 1. The molecule has 1 aliphatic heterocycles. The SMILES string of the molecule is Clc1cc2[nH]c(-n3cccn3)nc2cc1N1CCCC1. The standard InChI is InChI=1S/C14H14ClN5/c15-10-8-11-12(9-13(10)19-5-1-2-6-19)18-14(17-11)20-7-3-4-16-20/h3-4,7-9H,1-2,5-6H2,(H,17,18). The molecule has 3 aromatic rings. The molecule has 3 heterocycles. The minimum absolute atomic E-state index is 0.708. The monoisotopic (exact) mass is 287 g/mol. The first-order chi connectivity index (χ1) is 9.81. The maximum atomic E-state index is 6.41. The fourth-order valence-electron chi connectivity index (χ4n) is 2.71. The minimum atomic E-state index is 0.708. The van der Waals surface area contributed by atoms with Crippen molar-refractivity contribution in [2.75, 3.05) is 18.0 Å². The van der Waals surface area contributed by atoms with Crippen LogP contribution in [0.25, 0.3) is 17.0 Å². The number of aromatic amines is 1. The van der Waals surface area contributed by atoms with Gasteiger partial charge in [-0.3, -0.25) is 0 Å². The lowest BCUT2D eigenvalue weighted by Gasteiger charge is -2.18. The second-order valence-corrected chi connectivity index (χ2v) is 5.43. The second kappa shape index (κ2) is 4.52. The number of rotatable bonds is 2. The van der Waals surface area contributed by atoms with Gasteiger partial charge in [0.05, 0.1) is 21.7 Å². The third-order valence-corrected chi connectivity index (χ3v) is 4.01. The fourth-order valence-corrected chi connectivity index (χ4v) is 2.99. The van der Waals surface area contributed by atoms with Crippen molar-refractivity contribution in [3.63, 3.8) is 0 Å². The summed E-state index contributed by atoms with van der Waals surface area (Å²) in [7, 11) is 0. The molecule has 0 atom stereocenters. The van der Waals surface area contributed by atoms with E-state index in [1.54, 1.807) is 10.9 Å². The van der Waals surface area contributed by atoms with E-state index in [2.05, 4.69) is 26.0 Å². The molecule has 0 aliphatic carbocycles. The first-order valence-corrected chi connectivity index (χ1v) is 7.13. The van der Waals surface area contributed by atoms with Crippen molar-refractivity contribution >= 4 is 28.3 Å². The summed E-state index contributed by atoms with van der Waals surface area (Å²) < 4.78 is 1.71. The highest BCUT2D eigenvalue weighted by molar-refractivity contribution is 6.34. The zero-order valence-corrected chi connectivity index (χ0v) is 11.6. The van der Waals surface area contributed by atoms with Crippen LogP contribution in [0.3, 0.4) is 0 Å². The Balaban J connectivity index is 1.82. The van der Waals surface area contributed by atoms with Gasteiger partial charge < -0.3 is 9.88 Å². The summed E-state index contributed by atoms with van der Waals surface area (Å²) in [5.74, 6) is 0.708. The molecule has 102 valence electrons. The molecule has 0 radical (unpaired) electrons. The Labute approximate surface area is 121 Å². The molecule has 0 unspecified atom stereocenters. The predicted octanol–water partition coefficient (Wildman–Crippen LogP) is 3.00. The highest BCUT2D eigenvalue weighted by atomic mass is 35.5. The molecule has 0 bridgehead atoms. The highest BCUT2D eigenvalue weighted by Crippen LogP contribution is 2.32. The molecule has 0 spiro atoms. The van der Waals surface area contributed by atoms with E-state index >= 15 is 0 Å². The third kappa shape index (κ3) is 1.86. The van der Waals surface area contributed by atoms with E-state index < -0.39 is 0 Å². The molecule has 4 rings (SSSR count). The highest BCUT2D eigenvalue weighted by Gasteiger charge is 2.17. The number of hydrogen-bond acceptors (Lipinski definition) is 3. The number of halogens is 1. The van der Waals surface area contributed by atoms with Gasteiger partial charge in [0.15, 0.2) is 0 Å². The number of nitrogens with zero attached hydrogens (tertiary/aromatic N) is 4. The Kier molecular flexibility index (Phi) is 2.67. The van der Waals surface area contributed by atoms with Crippen molar-refractivity contribution in [2.45, 2.75) is 12.8 Å². The molecule has 1 aliphatic rings. The van der Waals surface area contributed by atoms with Crippen LogP contribution in [0.15, 0.2) is 30.6 Å². The van der Waals surface area contributed by atoms with Gasteiger partial charge in [-0.05, 0) is 31.0 Å². The largest absolute Gasteiger partial charge is 0.370 e. The van der Waals surface area contributed by atoms with Gasteiger partial charge in [-0.2, -0.15) is 5.10 Å². The van der Waals surface area contributed by atoms with Gasteiger partial charge in [-0.1, -0.05) is 11.6 Å². The number of nitrogens with one attached hydrogen (secondary N) is 1. The predicted molar refractivity (Wildman–Crippen MR) is 79.7 cm³/mol. The van der Waals surface area contributed by atoms with Crippen LogP contribution in [0.2, 0.25) is 5.02 Å². The molecule has 1 saturated heterocycles. The van der Waals surface area contributed by atoms with E-state index in [4.69, 9.17) is 11.6 Å². The zero-order chi connectivity index (χ0) is 13.5. The summed E-state index contributed by atoms with van der Waals surface area (Å²) in [5, 5.41) is 4.96. The van der Waals surface area contributed by atoms with Gasteiger partial charge >= 0.3 is 0 Å². The molecule has 0 saturated carbocycles. The summed E-state index contributed by atoms with van der Waals surface area (Å²) in [4.78, 5) is 10.2. The lowest BCUT2D eigenvalue weighted by Crippen LogP contribution is -2.17. The fraction of sp³-hybridized carbons (Fsp3) is 0.286. The first-order valence-electron chi connectivity index (χ1n) is 6.75. The van der Waals surface area contributed by atoms with Crippen LogP contribution in [-0.2, 0) is 0 Å². The van der Waals surface area contributed by atoms with Gasteiger partial charge in [-0.15, -0.1) is 0 Å². The van der Waals surface area contributed by atoms with Crippen molar-refractivity contribution in [2.24, 2.45) is 0 Å². The normalized spacial score (nSPS) is 15.3. The van der Waals surface area contributed by atoms with E-state index in [9.17, 15) is 0 Å².